The number of thioether (sulfide) groups is 1. The van der Waals surface area contributed by atoms with Gasteiger partial charge in [0.1, 0.15) is 6.54 Å². The summed E-state index contributed by atoms with van der Waals surface area (Å²) in [7, 11) is 0. The molecule has 1 aromatic rings. The van der Waals surface area contributed by atoms with Gasteiger partial charge in [0.15, 0.2) is 0 Å². The summed E-state index contributed by atoms with van der Waals surface area (Å²) in [5, 5.41) is -0.371. The van der Waals surface area contributed by atoms with Crippen molar-refractivity contribution in [1.82, 2.24) is 9.80 Å². The molecule has 2 saturated heterocycles. The number of aryl methyl sites for hydroxylation is 1. The number of benzene rings is 1. The number of likely N-dealkylation sites (tertiary alicyclic amines) is 1. The second-order valence-electron chi connectivity index (χ2n) is 6.79. The van der Waals surface area contributed by atoms with Crippen molar-refractivity contribution in [2.45, 2.75) is 45.6 Å². The summed E-state index contributed by atoms with van der Waals surface area (Å²) in [5.41, 5.74) is 2.10. The topological polar surface area (TPSA) is 57.7 Å². The van der Waals surface area contributed by atoms with Gasteiger partial charge in [0.25, 0.3) is 11.1 Å². The SMILES string of the molecule is CCc1ccc(/C=C2\SC(=O)N(CC(=O)N3CCCC[C@@H]3C)C2=O)cc1. The number of hydrogen-bond acceptors (Lipinski definition) is 4. The maximum atomic E-state index is 12.6. The van der Waals surface area contributed by atoms with Gasteiger partial charge in [-0.05, 0) is 61.6 Å². The molecule has 0 unspecified atom stereocenters. The van der Waals surface area contributed by atoms with Crippen LogP contribution < -0.4 is 0 Å². The van der Waals surface area contributed by atoms with Gasteiger partial charge in [-0.25, -0.2) is 0 Å². The monoisotopic (exact) mass is 372 g/mol. The fourth-order valence-corrected chi connectivity index (χ4v) is 4.17. The molecule has 0 spiro atoms. The van der Waals surface area contributed by atoms with E-state index < -0.39 is 0 Å². The summed E-state index contributed by atoms with van der Waals surface area (Å²) in [4.78, 5) is 40.6. The Balaban J connectivity index is 1.69. The average Bonchev–Trinajstić information content (AvgIpc) is 2.90. The number of hydrogen-bond donors (Lipinski definition) is 0. The zero-order valence-corrected chi connectivity index (χ0v) is 16.1. The van der Waals surface area contributed by atoms with Crippen LogP contribution in [0.2, 0.25) is 0 Å². The molecule has 0 bridgehead atoms. The summed E-state index contributed by atoms with van der Waals surface area (Å²) in [5.74, 6) is -0.523. The van der Waals surface area contributed by atoms with Crippen molar-refractivity contribution in [1.29, 1.82) is 0 Å². The maximum absolute atomic E-state index is 12.6. The van der Waals surface area contributed by atoms with Gasteiger partial charge in [-0.2, -0.15) is 0 Å². The van der Waals surface area contributed by atoms with Crippen LogP contribution in [-0.4, -0.2) is 46.0 Å². The highest BCUT2D eigenvalue weighted by molar-refractivity contribution is 8.18. The lowest BCUT2D eigenvalue weighted by Gasteiger charge is -2.34. The molecule has 3 amide bonds. The second-order valence-corrected chi connectivity index (χ2v) is 7.79. The standard InChI is InChI=1S/C20H24N2O3S/c1-3-15-7-9-16(10-8-15)12-17-19(24)22(20(25)26-17)13-18(23)21-11-5-4-6-14(21)2/h7-10,12,14H,3-6,11,13H2,1-2H3/b17-12-/t14-/m0/s1. The van der Waals surface area contributed by atoms with E-state index in [0.29, 0.717) is 11.4 Å². The van der Waals surface area contributed by atoms with Gasteiger partial charge in [0, 0.05) is 12.6 Å². The molecule has 2 fully saturated rings. The van der Waals surface area contributed by atoms with Crippen molar-refractivity contribution in [3.8, 4) is 0 Å². The van der Waals surface area contributed by atoms with Crippen molar-refractivity contribution >= 4 is 34.9 Å². The molecular formula is C20H24N2O3S. The molecule has 6 heteroatoms. The molecule has 3 rings (SSSR count). The number of carbonyl (C=O) groups excluding carboxylic acids is 3. The number of carbonyl (C=O) groups is 3. The molecule has 1 atom stereocenters. The van der Waals surface area contributed by atoms with Gasteiger partial charge in [-0.1, -0.05) is 31.2 Å². The Morgan fingerprint density at radius 2 is 1.96 bits per heavy atom. The summed E-state index contributed by atoms with van der Waals surface area (Å²) in [6, 6.07) is 8.07. The van der Waals surface area contributed by atoms with Crippen LogP contribution in [0.5, 0.6) is 0 Å². The number of amides is 3. The van der Waals surface area contributed by atoms with E-state index in [1.165, 1.54) is 5.56 Å². The van der Waals surface area contributed by atoms with E-state index in [-0.39, 0.29) is 29.6 Å². The Labute approximate surface area is 158 Å². The van der Waals surface area contributed by atoms with E-state index in [1.54, 1.807) is 11.0 Å². The predicted octanol–water partition coefficient (Wildman–Crippen LogP) is 3.69. The van der Waals surface area contributed by atoms with Crippen molar-refractivity contribution in [2.75, 3.05) is 13.1 Å². The van der Waals surface area contributed by atoms with Gasteiger partial charge >= 0.3 is 0 Å². The Morgan fingerprint density at radius 1 is 1.23 bits per heavy atom. The molecule has 0 aromatic heterocycles. The van der Waals surface area contributed by atoms with Gasteiger partial charge in [0.2, 0.25) is 5.91 Å². The molecular weight excluding hydrogens is 348 g/mol. The van der Waals surface area contributed by atoms with E-state index in [2.05, 4.69) is 6.92 Å². The number of rotatable bonds is 4. The van der Waals surface area contributed by atoms with Crippen LogP contribution in [0, 0.1) is 0 Å². The lowest BCUT2D eigenvalue weighted by molar-refractivity contribution is -0.138. The molecule has 0 radical (unpaired) electrons. The quantitative estimate of drug-likeness (QED) is 0.757. The van der Waals surface area contributed by atoms with E-state index in [0.717, 1.165) is 47.9 Å². The largest absolute Gasteiger partial charge is 0.338 e. The zero-order chi connectivity index (χ0) is 18.7. The lowest BCUT2D eigenvalue weighted by Crippen LogP contribution is -2.47. The first-order chi connectivity index (χ1) is 12.5. The third kappa shape index (κ3) is 4.01. The minimum absolute atomic E-state index is 0.145. The second kappa shape index (κ2) is 8.08. The molecule has 138 valence electrons. The number of imide groups is 1. The molecule has 2 heterocycles. The fraction of sp³-hybridized carbons (Fsp3) is 0.450. The van der Waals surface area contributed by atoms with Gasteiger partial charge in [-0.15, -0.1) is 0 Å². The normalized spacial score (nSPS) is 22.4. The highest BCUT2D eigenvalue weighted by atomic mass is 32.2. The maximum Gasteiger partial charge on any atom is 0.294 e. The van der Waals surface area contributed by atoms with E-state index >= 15 is 0 Å². The van der Waals surface area contributed by atoms with Gasteiger partial charge in [0.05, 0.1) is 4.91 Å². The van der Waals surface area contributed by atoms with Crippen molar-refractivity contribution < 1.29 is 14.4 Å². The van der Waals surface area contributed by atoms with Crippen molar-refractivity contribution in [2.24, 2.45) is 0 Å². The van der Waals surface area contributed by atoms with Crippen LogP contribution in [-0.2, 0) is 16.0 Å². The predicted molar refractivity (Wildman–Crippen MR) is 104 cm³/mol. The smallest absolute Gasteiger partial charge is 0.294 e. The summed E-state index contributed by atoms with van der Waals surface area (Å²) >= 11 is 0.904. The molecule has 2 aliphatic rings. The van der Waals surface area contributed by atoms with E-state index in [4.69, 9.17) is 0 Å². The first-order valence-electron chi connectivity index (χ1n) is 9.13. The summed E-state index contributed by atoms with van der Waals surface area (Å²) in [6.07, 6.45) is 5.74. The molecule has 1 aromatic carbocycles. The molecule has 0 aliphatic carbocycles. The Hall–Kier alpha value is -2.08. The number of piperidine rings is 1. The third-order valence-electron chi connectivity index (χ3n) is 4.98. The number of nitrogens with zero attached hydrogens (tertiary/aromatic N) is 2. The van der Waals surface area contributed by atoms with Crippen LogP contribution >= 0.6 is 11.8 Å². The van der Waals surface area contributed by atoms with Crippen molar-refractivity contribution in [3.63, 3.8) is 0 Å². The van der Waals surface area contributed by atoms with E-state index in [9.17, 15) is 14.4 Å². The highest BCUT2D eigenvalue weighted by Crippen LogP contribution is 2.32. The third-order valence-corrected chi connectivity index (χ3v) is 5.88. The van der Waals surface area contributed by atoms with Crippen LogP contribution in [0.25, 0.3) is 6.08 Å². The van der Waals surface area contributed by atoms with Gasteiger partial charge < -0.3 is 4.90 Å². The molecule has 0 N–H and O–H groups in total. The summed E-state index contributed by atoms with van der Waals surface area (Å²) < 4.78 is 0. The van der Waals surface area contributed by atoms with Crippen LogP contribution in [0.4, 0.5) is 4.79 Å². The summed E-state index contributed by atoms with van der Waals surface area (Å²) in [6.45, 7) is 4.64. The fourth-order valence-electron chi connectivity index (χ4n) is 3.33. The van der Waals surface area contributed by atoms with E-state index in [1.807, 2.05) is 31.2 Å². The van der Waals surface area contributed by atoms with Crippen molar-refractivity contribution in [3.05, 3.63) is 40.3 Å². The minimum Gasteiger partial charge on any atom is -0.338 e. The highest BCUT2D eigenvalue weighted by Gasteiger charge is 2.37. The van der Waals surface area contributed by atoms with Crippen LogP contribution in [0.1, 0.15) is 44.2 Å². The van der Waals surface area contributed by atoms with Crippen LogP contribution in [0.3, 0.4) is 0 Å². The minimum atomic E-state index is -0.377. The molecule has 5 nitrogen and oxygen atoms in total. The Kier molecular flexibility index (Phi) is 5.81. The first-order valence-corrected chi connectivity index (χ1v) is 9.95. The molecule has 2 aliphatic heterocycles. The molecule has 26 heavy (non-hydrogen) atoms. The lowest BCUT2D eigenvalue weighted by atomic mass is 10.0. The average molecular weight is 372 g/mol. The Morgan fingerprint density at radius 3 is 2.62 bits per heavy atom. The first kappa shape index (κ1) is 18.7. The van der Waals surface area contributed by atoms with Gasteiger partial charge in [-0.3, -0.25) is 19.3 Å². The molecule has 0 saturated carbocycles. The Bertz CT molecular complexity index is 742. The zero-order valence-electron chi connectivity index (χ0n) is 15.2. The van der Waals surface area contributed by atoms with Crippen LogP contribution in [0.15, 0.2) is 29.2 Å².